The molecule has 2 aromatic rings. The second-order valence-electron chi connectivity index (χ2n) is 3.85. The number of rotatable bonds is 3. The topological polar surface area (TPSA) is 48.1 Å². The Balaban J connectivity index is 2.33. The molecule has 0 saturated heterocycles. The maximum atomic E-state index is 6.01. The van der Waals surface area contributed by atoms with Gasteiger partial charge in [-0.1, -0.05) is 35.3 Å². The molecule has 3 nitrogen and oxygen atoms in total. The van der Waals surface area contributed by atoms with E-state index >= 15 is 0 Å². The van der Waals surface area contributed by atoms with Crippen LogP contribution in [0.5, 0.6) is 11.6 Å². The molecule has 0 aliphatic heterocycles. The van der Waals surface area contributed by atoms with Crippen molar-refractivity contribution in [3.63, 3.8) is 0 Å². The van der Waals surface area contributed by atoms with Crippen molar-refractivity contribution in [2.75, 3.05) is 0 Å². The molecule has 1 aromatic heterocycles. The van der Waals surface area contributed by atoms with Crippen LogP contribution in [-0.2, 0) is 6.54 Å². The van der Waals surface area contributed by atoms with Crippen molar-refractivity contribution >= 4 is 23.2 Å². The summed E-state index contributed by atoms with van der Waals surface area (Å²) in [6.45, 7) is 2.40. The summed E-state index contributed by atoms with van der Waals surface area (Å²) in [5.41, 5.74) is 7.57. The van der Waals surface area contributed by atoms with Crippen LogP contribution in [0.3, 0.4) is 0 Å². The number of nitrogens with two attached hydrogens (primary N) is 1. The summed E-state index contributed by atoms with van der Waals surface area (Å²) in [5.74, 6) is 1.02. The third-order valence-corrected chi connectivity index (χ3v) is 2.95. The largest absolute Gasteiger partial charge is 0.437 e. The van der Waals surface area contributed by atoms with Crippen LogP contribution in [0.1, 0.15) is 11.1 Å². The molecule has 1 heterocycles. The van der Waals surface area contributed by atoms with Gasteiger partial charge < -0.3 is 10.5 Å². The van der Waals surface area contributed by atoms with E-state index in [0.29, 0.717) is 28.2 Å². The maximum absolute atomic E-state index is 6.01. The lowest BCUT2D eigenvalue weighted by molar-refractivity contribution is 0.459. The molecule has 0 amide bonds. The minimum atomic E-state index is 0.332. The number of aromatic nitrogens is 1. The highest BCUT2D eigenvalue weighted by molar-refractivity contribution is 6.35. The predicted molar refractivity (Wildman–Crippen MR) is 73.4 cm³/mol. The van der Waals surface area contributed by atoms with Crippen LogP contribution in [0.2, 0.25) is 10.0 Å². The first-order valence-corrected chi connectivity index (χ1v) is 6.14. The average molecular weight is 283 g/mol. The molecule has 2 rings (SSSR count). The molecule has 0 fully saturated rings. The molecule has 0 atom stereocenters. The number of nitrogens with zero attached hydrogens (tertiary/aromatic N) is 1. The minimum absolute atomic E-state index is 0.332. The Morgan fingerprint density at radius 2 is 2.06 bits per heavy atom. The summed E-state index contributed by atoms with van der Waals surface area (Å²) in [5, 5.41) is 0.847. The van der Waals surface area contributed by atoms with Gasteiger partial charge in [0.1, 0.15) is 10.8 Å². The fraction of sp³-hybridized carbons (Fsp3) is 0.154. The number of aryl methyl sites for hydroxylation is 1. The summed E-state index contributed by atoms with van der Waals surface area (Å²) in [7, 11) is 0. The molecule has 0 bridgehead atoms. The van der Waals surface area contributed by atoms with Crippen molar-refractivity contribution in [2.45, 2.75) is 13.5 Å². The SMILES string of the molecule is Cc1ccc(CN)cc1Oc1ncc(Cl)cc1Cl. The van der Waals surface area contributed by atoms with Gasteiger partial charge in [-0.2, -0.15) is 0 Å². The number of hydrogen-bond acceptors (Lipinski definition) is 3. The van der Waals surface area contributed by atoms with Crippen LogP contribution in [0.15, 0.2) is 30.5 Å². The molecule has 0 spiro atoms. The Morgan fingerprint density at radius 1 is 1.28 bits per heavy atom. The number of benzene rings is 1. The van der Waals surface area contributed by atoms with Crippen LogP contribution < -0.4 is 10.5 Å². The lowest BCUT2D eigenvalue weighted by Crippen LogP contribution is -1.98. The predicted octanol–water partition coefficient (Wildman–Crippen LogP) is 3.95. The molecule has 18 heavy (non-hydrogen) atoms. The molecular formula is C13H12Cl2N2O. The molecular weight excluding hydrogens is 271 g/mol. The van der Waals surface area contributed by atoms with E-state index in [9.17, 15) is 0 Å². The lowest BCUT2D eigenvalue weighted by atomic mass is 10.1. The third-order valence-electron chi connectivity index (χ3n) is 2.47. The van der Waals surface area contributed by atoms with Crippen molar-refractivity contribution in [3.8, 4) is 11.6 Å². The maximum Gasteiger partial charge on any atom is 0.238 e. The quantitative estimate of drug-likeness (QED) is 0.927. The van der Waals surface area contributed by atoms with Gasteiger partial charge in [0.05, 0.1) is 5.02 Å². The van der Waals surface area contributed by atoms with Gasteiger partial charge in [-0.25, -0.2) is 4.98 Å². The summed E-state index contributed by atoms with van der Waals surface area (Å²) in [6, 6.07) is 7.37. The Hall–Kier alpha value is -1.29. The number of halogens is 2. The molecule has 0 aliphatic rings. The van der Waals surface area contributed by atoms with Crippen molar-refractivity contribution in [1.29, 1.82) is 0 Å². The zero-order valence-electron chi connectivity index (χ0n) is 9.78. The van der Waals surface area contributed by atoms with E-state index in [2.05, 4.69) is 4.98 Å². The van der Waals surface area contributed by atoms with E-state index in [4.69, 9.17) is 33.7 Å². The van der Waals surface area contributed by atoms with Crippen LogP contribution >= 0.6 is 23.2 Å². The molecule has 5 heteroatoms. The van der Waals surface area contributed by atoms with E-state index in [-0.39, 0.29) is 0 Å². The van der Waals surface area contributed by atoms with Crippen molar-refractivity contribution in [3.05, 3.63) is 51.6 Å². The molecule has 1 aromatic carbocycles. The molecule has 0 saturated carbocycles. The van der Waals surface area contributed by atoms with Gasteiger partial charge in [-0.3, -0.25) is 0 Å². The van der Waals surface area contributed by atoms with Gasteiger partial charge >= 0.3 is 0 Å². The summed E-state index contributed by atoms with van der Waals surface area (Å²) in [6.07, 6.45) is 1.49. The number of ether oxygens (including phenoxy) is 1. The monoisotopic (exact) mass is 282 g/mol. The average Bonchev–Trinajstić information content (AvgIpc) is 2.35. The smallest absolute Gasteiger partial charge is 0.238 e. The zero-order chi connectivity index (χ0) is 13.1. The Kier molecular flexibility index (Phi) is 4.07. The van der Waals surface area contributed by atoms with E-state index < -0.39 is 0 Å². The second-order valence-corrected chi connectivity index (χ2v) is 4.69. The van der Waals surface area contributed by atoms with Crippen LogP contribution in [-0.4, -0.2) is 4.98 Å². The first-order chi connectivity index (χ1) is 8.60. The van der Waals surface area contributed by atoms with Crippen molar-refractivity contribution in [1.82, 2.24) is 4.98 Å². The second kappa shape index (κ2) is 5.57. The first kappa shape index (κ1) is 13.1. The van der Waals surface area contributed by atoms with Gasteiger partial charge in [-0.15, -0.1) is 0 Å². The summed E-state index contributed by atoms with van der Waals surface area (Å²) in [4.78, 5) is 4.05. The van der Waals surface area contributed by atoms with E-state index in [1.54, 1.807) is 6.07 Å². The fourth-order valence-electron chi connectivity index (χ4n) is 1.46. The number of pyridine rings is 1. The van der Waals surface area contributed by atoms with E-state index in [1.807, 2.05) is 25.1 Å². The Morgan fingerprint density at radius 3 is 2.72 bits per heavy atom. The summed E-state index contributed by atoms with van der Waals surface area (Å²) >= 11 is 11.8. The molecule has 2 N–H and O–H groups in total. The van der Waals surface area contributed by atoms with Gasteiger partial charge in [0.2, 0.25) is 5.88 Å². The highest BCUT2D eigenvalue weighted by Crippen LogP contribution is 2.31. The standard InChI is InChI=1S/C13H12Cl2N2O/c1-8-2-3-9(6-16)4-12(8)18-13-11(15)5-10(14)7-17-13/h2-5,7H,6,16H2,1H3. The number of hydrogen-bond donors (Lipinski definition) is 1. The van der Waals surface area contributed by atoms with Crippen LogP contribution in [0.25, 0.3) is 0 Å². The van der Waals surface area contributed by atoms with Crippen LogP contribution in [0.4, 0.5) is 0 Å². The van der Waals surface area contributed by atoms with E-state index in [0.717, 1.165) is 11.1 Å². The minimum Gasteiger partial charge on any atom is -0.437 e. The third kappa shape index (κ3) is 2.93. The zero-order valence-corrected chi connectivity index (χ0v) is 11.3. The molecule has 0 radical (unpaired) electrons. The lowest BCUT2D eigenvalue weighted by Gasteiger charge is -2.10. The van der Waals surface area contributed by atoms with Crippen molar-refractivity contribution in [2.24, 2.45) is 5.73 Å². The van der Waals surface area contributed by atoms with Gasteiger partial charge in [-0.05, 0) is 30.2 Å². The fourth-order valence-corrected chi connectivity index (χ4v) is 1.88. The van der Waals surface area contributed by atoms with Gasteiger partial charge in [0.25, 0.3) is 0 Å². The Bertz CT molecular complexity index is 573. The Labute approximate surface area is 115 Å². The normalized spacial score (nSPS) is 10.4. The van der Waals surface area contributed by atoms with Gasteiger partial charge in [0.15, 0.2) is 0 Å². The highest BCUT2D eigenvalue weighted by Gasteiger charge is 2.08. The first-order valence-electron chi connectivity index (χ1n) is 5.38. The molecule has 94 valence electrons. The summed E-state index contributed by atoms with van der Waals surface area (Å²) < 4.78 is 5.68. The van der Waals surface area contributed by atoms with E-state index in [1.165, 1.54) is 6.20 Å². The van der Waals surface area contributed by atoms with Gasteiger partial charge in [0, 0.05) is 12.7 Å². The molecule has 0 aliphatic carbocycles. The highest BCUT2D eigenvalue weighted by atomic mass is 35.5. The van der Waals surface area contributed by atoms with Crippen molar-refractivity contribution < 1.29 is 4.74 Å². The van der Waals surface area contributed by atoms with Crippen LogP contribution in [0, 0.1) is 6.92 Å². The molecule has 0 unspecified atom stereocenters.